The molecule has 0 spiro atoms. The Hall–Kier alpha value is -1.36. The van der Waals surface area contributed by atoms with Gasteiger partial charge < -0.3 is 10.6 Å². The fourth-order valence-electron chi connectivity index (χ4n) is 2.41. The van der Waals surface area contributed by atoms with Crippen LogP contribution in [0, 0.1) is 0 Å². The molecule has 94 valence electrons. The van der Waals surface area contributed by atoms with Crippen LogP contribution in [0.5, 0.6) is 0 Å². The zero-order valence-corrected chi connectivity index (χ0v) is 10.2. The van der Waals surface area contributed by atoms with Gasteiger partial charge in [0, 0.05) is 30.8 Å². The Morgan fingerprint density at radius 3 is 3.18 bits per heavy atom. The van der Waals surface area contributed by atoms with Crippen LogP contribution in [-0.4, -0.2) is 33.6 Å². The highest BCUT2D eigenvalue weighted by Gasteiger charge is 2.28. The molecule has 0 saturated carbocycles. The van der Waals surface area contributed by atoms with Gasteiger partial charge >= 0.3 is 0 Å². The summed E-state index contributed by atoms with van der Waals surface area (Å²) >= 11 is 0. The number of piperidine rings is 1. The quantitative estimate of drug-likeness (QED) is 0.828. The number of amides is 1. The first-order valence-corrected chi connectivity index (χ1v) is 6.22. The summed E-state index contributed by atoms with van der Waals surface area (Å²) in [4.78, 5) is 14.1. The van der Waals surface area contributed by atoms with Gasteiger partial charge in [0.05, 0.1) is 12.2 Å². The van der Waals surface area contributed by atoms with Gasteiger partial charge in [0.2, 0.25) is 5.91 Å². The van der Waals surface area contributed by atoms with Crippen molar-refractivity contribution in [3.05, 3.63) is 18.0 Å². The number of hydrogen-bond acceptors (Lipinski definition) is 3. The number of H-pyrrole nitrogens is 1. The first-order chi connectivity index (χ1) is 8.18. The largest absolute Gasteiger partial charge is 0.335 e. The highest BCUT2D eigenvalue weighted by molar-refractivity contribution is 5.77. The number of carbonyl (C=O) groups excluding carboxylic acids is 1. The predicted octanol–water partition coefficient (Wildman–Crippen LogP) is 1.20. The maximum absolute atomic E-state index is 12.1. The summed E-state index contributed by atoms with van der Waals surface area (Å²) in [6.45, 7) is 2.70. The molecule has 1 fully saturated rings. The van der Waals surface area contributed by atoms with Gasteiger partial charge in [-0.05, 0) is 26.2 Å². The van der Waals surface area contributed by atoms with E-state index in [2.05, 4.69) is 10.2 Å². The molecular formula is C12H20N4O. The van der Waals surface area contributed by atoms with E-state index in [0.29, 0.717) is 6.42 Å². The van der Waals surface area contributed by atoms with Crippen LogP contribution >= 0.6 is 0 Å². The van der Waals surface area contributed by atoms with Crippen LogP contribution in [0.25, 0.3) is 0 Å². The Bertz CT molecular complexity index is 361. The number of likely N-dealkylation sites (tertiary alicyclic amines) is 1. The molecule has 0 radical (unpaired) electrons. The topological polar surface area (TPSA) is 75.0 Å². The molecule has 0 aromatic carbocycles. The molecule has 17 heavy (non-hydrogen) atoms. The van der Waals surface area contributed by atoms with Crippen molar-refractivity contribution in [2.45, 2.75) is 44.7 Å². The summed E-state index contributed by atoms with van der Waals surface area (Å²) < 4.78 is 0. The minimum atomic E-state index is -0.0746. The smallest absolute Gasteiger partial charge is 0.224 e. The number of hydrogen-bond donors (Lipinski definition) is 2. The molecular weight excluding hydrogens is 216 g/mol. The monoisotopic (exact) mass is 236 g/mol. The molecule has 5 nitrogen and oxygen atoms in total. The van der Waals surface area contributed by atoms with Crippen molar-refractivity contribution in [2.24, 2.45) is 5.73 Å². The van der Waals surface area contributed by atoms with E-state index < -0.39 is 0 Å². The lowest BCUT2D eigenvalue weighted by atomic mass is 9.97. The van der Waals surface area contributed by atoms with Gasteiger partial charge in [-0.2, -0.15) is 5.10 Å². The van der Waals surface area contributed by atoms with Gasteiger partial charge in [0.25, 0.3) is 0 Å². The fraction of sp³-hybridized carbons (Fsp3) is 0.667. The van der Waals surface area contributed by atoms with Crippen molar-refractivity contribution in [1.29, 1.82) is 0 Å². The zero-order valence-electron chi connectivity index (χ0n) is 10.2. The standard InChI is InChI=1S/C12H20N4O/c1-9(13)6-12(17)16-5-3-2-4-11(16)10-7-14-15-8-10/h7-9,11H,2-6,13H2,1H3,(H,14,15). The Morgan fingerprint density at radius 2 is 2.53 bits per heavy atom. The minimum absolute atomic E-state index is 0.0746. The molecule has 1 aliphatic rings. The van der Waals surface area contributed by atoms with E-state index in [4.69, 9.17) is 5.73 Å². The van der Waals surface area contributed by atoms with Crippen molar-refractivity contribution in [1.82, 2.24) is 15.1 Å². The lowest BCUT2D eigenvalue weighted by Crippen LogP contribution is -2.40. The summed E-state index contributed by atoms with van der Waals surface area (Å²) in [5.74, 6) is 0.158. The Morgan fingerprint density at radius 1 is 1.71 bits per heavy atom. The van der Waals surface area contributed by atoms with Gasteiger partial charge in [-0.25, -0.2) is 0 Å². The molecule has 1 saturated heterocycles. The van der Waals surface area contributed by atoms with Crippen LogP contribution in [0.4, 0.5) is 0 Å². The summed E-state index contributed by atoms with van der Waals surface area (Å²) in [6, 6.07) is 0.100. The number of nitrogens with two attached hydrogens (primary N) is 1. The van der Waals surface area contributed by atoms with Crippen LogP contribution in [-0.2, 0) is 4.79 Å². The van der Waals surface area contributed by atoms with E-state index >= 15 is 0 Å². The molecule has 2 unspecified atom stereocenters. The van der Waals surface area contributed by atoms with Crippen LogP contribution in [0.2, 0.25) is 0 Å². The van der Waals surface area contributed by atoms with E-state index in [-0.39, 0.29) is 18.0 Å². The third-order valence-corrected chi connectivity index (χ3v) is 3.22. The molecule has 1 aromatic rings. The molecule has 5 heteroatoms. The van der Waals surface area contributed by atoms with E-state index in [1.807, 2.05) is 24.2 Å². The first kappa shape index (κ1) is 12.1. The average molecular weight is 236 g/mol. The maximum Gasteiger partial charge on any atom is 0.224 e. The first-order valence-electron chi connectivity index (χ1n) is 6.22. The number of rotatable bonds is 3. The number of carbonyl (C=O) groups is 1. The van der Waals surface area contributed by atoms with E-state index in [1.165, 1.54) is 0 Å². The van der Waals surface area contributed by atoms with E-state index in [0.717, 1.165) is 31.4 Å². The third kappa shape index (κ3) is 2.85. The number of aromatic nitrogens is 2. The molecule has 0 aliphatic carbocycles. The molecule has 1 aromatic heterocycles. The molecule has 1 aliphatic heterocycles. The predicted molar refractivity (Wildman–Crippen MR) is 65.2 cm³/mol. The van der Waals surface area contributed by atoms with Crippen molar-refractivity contribution < 1.29 is 4.79 Å². The summed E-state index contributed by atoms with van der Waals surface area (Å²) in [5.41, 5.74) is 6.80. The zero-order chi connectivity index (χ0) is 12.3. The van der Waals surface area contributed by atoms with Gasteiger partial charge in [0.1, 0.15) is 0 Å². The van der Waals surface area contributed by atoms with Crippen molar-refractivity contribution in [3.8, 4) is 0 Å². The van der Waals surface area contributed by atoms with E-state index in [1.54, 1.807) is 0 Å². The second-order valence-corrected chi connectivity index (χ2v) is 4.81. The number of nitrogens with one attached hydrogen (secondary N) is 1. The summed E-state index contributed by atoms with van der Waals surface area (Å²) in [7, 11) is 0. The SMILES string of the molecule is CC(N)CC(=O)N1CCCCC1c1cn[nH]c1. The number of nitrogens with zero attached hydrogens (tertiary/aromatic N) is 2. The fourth-order valence-corrected chi connectivity index (χ4v) is 2.41. The normalized spacial score (nSPS) is 22.5. The molecule has 3 N–H and O–H groups in total. The average Bonchev–Trinajstić information content (AvgIpc) is 2.81. The van der Waals surface area contributed by atoms with Gasteiger partial charge in [-0.1, -0.05) is 0 Å². The van der Waals surface area contributed by atoms with Crippen LogP contribution in [0.1, 0.15) is 44.2 Å². The Labute approximate surface area is 101 Å². The molecule has 2 rings (SSSR count). The molecule has 2 heterocycles. The molecule has 0 bridgehead atoms. The van der Waals surface area contributed by atoms with Crippen LogP contribution in [0.3, 0.4) is 0 Å². The highest BCUT2D eigenvalue weighted by Crippen LogP contribution is 2.30. The van der Waals surface area contributed by atoms with Crippen LogP contribution in [0.15, 0.2) is 12.4 Å². The summed E-state index contributed by atoms with van der Waals surface area (Å²) in [5, 5.41) is 6.78. The van der Waals surface area contributed by atoms with Gasteiger partial charge in [-0.3, -0.25) is 9.89 Å². The van der Waals surface area contributed by atoms with E-state index in [9.17, 15) is 4.79 Å². The minimum Gasteiger partial charge on any atom is -0.335 e. The van der Waals surface area contributed by atoms with Gasteiger partial charge in [-0.15, -0.1) is 0 Å². The Kier molecular flexibility index (Phi) is 3.78. The highest BCUT2D eigenvalue weighted by atomic mass is 16.2. The van der Waals surface area contributed by atoms with Gasteiger partial charge in [0.15, 0.2) is 0 Å². The Balaban J connectivity index is 2.09. The third-order valence-electron chi connectivity index (χ3n) is 3.22. The number of aromatic amines is 1. The van der Waals surface area contributed by atoms with Crippen molar-refractivity contribution in [3.63, 3.8) is 0 Å². The van der Waals surface area contributed by atoms with Crippen molar-refractivity contribution >= 4 is 5.91 Å². The van der Waals surface area contributed by atoms with Crippen LogP contribution < -0.4 is 5.73 Å². The lowest BCUT2D eigenvalue weighted by Gasteiger charge is -2.35. The molecule has 1 amide bonds. The second-order valence-electron chi connectivity index (χ2n) is 4.81. The van der Waals surface area contributed by atoms with Crippen molar-refractivity contribution in [2.75, 3.05) is 6.54 Å². The second kappa shape index (κ2) is 5.31. The summed E-state index contributed by atoms with van der Waals surface area (Å²) in [6.07, 6.45) is 7.37. The maximum atomic E-state index is 12.1. The molecule has 2 atom stereocenters. The lowest BCUT2D eigenvalue weighted by molar-refractivity contribution is -0.135.